The first-order chi connectivity index (χ1) is 15.1. The lowest BCUT2D eigenvalue weighted by atomic mass is 10.1. The van der Waals surface area contributed by atoms with Gasteiger partial charge in [0.25, 0.3) is 0 Å². The average molecular weight is 422 g/mol. The highest BCUT2D eigenvalue weighted by Gasteiger charge is 2.24. The lowest BCUT2D eigenvalue weighted by molar-refractivity contribution is -0.118. The molecule has 3 rings (SSSR count). The largest absolute Gasteiger partial charge is 0.494 e. The molecule has 1 aromatic carbocycles. The molecule has 1 N–H and O–H groups in total. The number of fused-ring (bicyclic) bond motifs is 1. The first-order valence-corrected chi connectivity index (χ1v) is 10.7. The maximum Gasteiger partial charge on any atom is 0.227 e. The Morgan fingerprint density at radius 1 is 1.39 bits per heavy atom. The highest BCUT2D eigenvalue weighted by Crippen LogP contribution is 2.40. The van der Waals surface area contributed by atoms with Crippen molar-refractivity contribution < 1.29 is 14.3 Å². The lowest BCUT2D eigenvalue weighted by Gasteiger charge is -2.23. The highest BCUT2D eigenvalue weighted by molar-refractivity contribution is 5.96. The Balaban J connectivity index is 1.67. The van der Waals surface area contributed by atoms with Gasteiger partial charge in [-0.25, -0.2) is 0 Å². The smallest absolute Gasteiger partial charge is 0.227 e. The van der Waals surface area contributed by atoms with Gasteiger partial charge < -0.3 is 14.4 Å². The molecular formula is C25H31N3O3. The Morgan fingerprint density at radius 2 is 2.23 bits per heavy atom. The summed E-state index contributed by atoms with van der Waals surface area (Å²) in [5, 5.41) is 6.87. The number of hydrogen-bond donors (Lipinski definition) is 1. The number of ether oxygens (including phenoxy) is 2. The van der Waals surface area contributed by atoms with Gasteiger partial charge in [-0.05, 0) is 56.9 Å². The van der Waals surface area contributed by atoms with E-state index < -0.39 is 0 Å². The van der Waals surface area contributed by atoms with Gasteiger partial charge in [0.05, 0.1) is 25.1 Å². The van der Waals surface area contributed by atoms with E-state index in [9.17, 15) is 4.79 Å². The average Bonchev–Trinajstić information content (AvgIpc) is 3.24. The molecule has 0 unspecified atom stereocenters. The number of carbonyl (C=O) groups is 1. The monoisotopic (exact) mass is 421 g/mol. The van der Waals surface area contributed by atoms with Crippen molar-refractivity contribution in [3.8, 4) is 16.9 Å². The van der Waals surface area contributed by atoms with Crippen LogP contribution in [0.3, 0.4) is 0 Å². The number of amides is 1. The van der Waals surface area contributed by atoms with Crippen LogP contribution >= 0.6 is 0 Å². The van der Waals surface area contributed by atoms with Crippen molar-refractivity contribution in [2.75, 3.05) is 24.7 Å². The molecule has 0 saturated carbocycles. The van der Waals surface area contributed by atoms with E-state index in [-0.39, 0.29) is 5.91 Å². The van der Waals surface area contributed by atoms with Crippen LogP contribution in [0.1, 0.15) is 40.0 Å². The van der Waals surface area contributed by atoms with Gasteiger partial charge in [-0.1, -0.05) is 24.8 Å². The number of allylic oxidation sites excluding steroid dienone is 4. The zero-order chi connectivity index (χ0) is 22.2. The van der Waals surface area contributed by atoms with Crippen LogP contribution in [0, 0.1) is 0 Å². The Kier molecular flexibility index (Phi) is 7.70. The Bertz CT molecular complexity index is 974. The molecule has 1 aromatic heterocycles. The summed E-state index contributed by atoms with van der Waals surface area (Å²) in [6, 6.07) is 5.89. The minimum atomic E-state index is 0.0799. The normalized spacial score (nSPS) is 14.8. The number of benzene rings is 1. The lowest BCUT2D eigenvalue weighted by Crippen LogP contribution is -2.31. The Hall–Kier alpha value is -3.28. The molecule has 0 radical (unpaired) electrons. The van der Waals surface area contributed by atoms with Crippen LogP contribution in [-0.2, 0) is 9.53 Å². The van der Waals surface area contributed by atoms with Crippen molar-refractivity contribution in [2.24, 2.45) is 0 Å². The molecule has 0 aliphatic carbocycles. The first-order valence-electron chi connectivity index (χ1n) is 10.7. The number of H-pyrrole nitrogens is 1. The van der Waals surface area contributed by atoms with Crippen molar-refractivity contribution in [1.82, 2.24) is 10.2 Å². The van der Waals surface area contributed by atoms with Crippen molar-refractivity contribution in [3.05, 3.63) is 66.2 Å². The van der Waals surface area contributed by atoms with Crippen molar-refractivity contribution in [1.29, 1.82) is 0 Å². The highest BCUT2D eigenvalue weighted by atomic mass is 16.5. The van der Waals surface area contributed by atoms with Gasteiger partial charge in [0.1, 0.15) is 5.76 Å². The van der Waals surface area contributed by atoms with Crippen LogP contribution in [0.15, 0.2) is 66.2 Å². The van der Waals surface area contributed by atoms with E-state index in [2.05, 4.69) is 16.8 Å². The summed E-state index contributed by atoms with van der Waals surface area (Å²) < 4.78 is 12.0. The quantitative estimate of drug-likeness (QED) is 0.351. The third-order valence-corrected chi connectivity index (χ3v) is 5.49. The number of nitrogens with one attached hydrogen (secondary N) is 1. The predicted octanol–water partition coefficient (Wildman–Crippen LogP) is 5.42. The summed E-state index contributed by atoms with van der Waals surface area (Å²) in [6.07, 6.45) is 9.20. The Morgan fingerprint density at radius 3 is 2.94 bits per heavy atom. The topological polar surface area (TPSA) is 67.4 Å². The molecule has 0 bridgehead atoms. The number of nitrogens with zero attached hydrogens (tertiary/aromatic N) is 2. The minimum absolute atomic E-state index is 0.0799. The van der Waals surface area contributed by atoms with Crippen LogP contribution in [0.5, 0.6) is 5.75 Å². The van der Waals surface area contributed by atoms with Gasteiger partial charge in [-0.15, -0.1) is 0 Å². The van der Waals surface area contributed by atoms with Gasteiger partial charge in [0.2, 0.25) is 5.91 Å². The summed E-state index contributed by atoms with van der Waals surface area (Å²) in [5.74, 6) is 1.65. The van der Waals surface area contributed by atoms with Gasteiger partial charge in [-0.3, -0.25) is 9.89 Å². The molecule has 31 heavy (non-hydrogen) atoms. The molecule has 2 aromatic rings. The van der Waals surface area contributed by atoms with Gasteiger partial charge in [-0.2, -0.15) is 5.10 Å². The van der Waals surface area contributed by atoms with E-state index in [0.29, 0.717) is 32.6 Å². The molecule has 0 atom stereocenters. The summed E-state index contributed by atoms with van der Waals surface area (Å²) >= 11 is 0. The van der Waals surface area contributed by atoms with E-state index >= 15 is 0 Å². The summed E-state index contributed by atoms with van der Waals surface area (Å²) in [6.45, 7) is 11.5. The number of anilines is 1. The standard InChI is InChI=1S/C25H31N3O3/c1-5-18(3)19(4)23(6-2)30-14-8-12-24(29)28-13-9-15-31-25-21(10-7-11-22(25)28)20-16-26-27-17-20/h5-7,10-11,16-17H,1,8-9,12-15H2,2-4H3,(H,26,27)/b19-18-,23-6+. The number of carbonyl (C=O) groups excluding carboxylic acids is 1. The third kappa shape index (κ3) is 5.26. The molecular weight excluding hydrogens is 390 g/mol. The maximum absolute atomic E-state index is 13.1. The van der Waals surface area contributed by atoms with Gasteiger partial charge >= 0.3 is 0 Å². The van der Waals surface area contributed by atoms with E-state index in [1.165, 1.54) is 0 Å². The molecule has 0 fully saturated rings. The first kappa shape index (κ1) is 22.4. The second-order valence-electron chi connectivity index (χ2n) is 7.51. The van der Waals surface area contributed by atoms with Crippen LogP contribution in [0.25, 0.3) is 11.1 Å². The van der Waals surface area contributed by atoms with Crippen molar-refractivity contribution in [2.45, 2.75) is 40.0 Å². The molecule has 1 aliphatic rings. The van der Waals surface area contributed by atoms with E-state index in [1.54, 1.807) is 6.20 Å². The molecule has 0 spiro atoms. The summed E-state index contributed by atoms with van der Waals surface area (Å²) in [7, 11) is 0. The van der Waals surface area contributed by atoms with E-state index in [1.807, 2.05) is 62.2 Å². The van der Waals surface area contributed by atoms with Gasteiger partial charge in [0, 0.05) is 30.3 Å². The summed E-state index contributed by atoms with van der Waals surface area (Å²) in [5.41, 5.74) is 4.84. The van der Waals surface area contributed by atoms with Crippen LogP contribution in [0.4, 0.5) is 5.69 Å². The van der Waals surface area contributed by atoms with Crippen molar-refractivity contribution in [3.63, 3.8) is 0 Å². The molecule has 1 aliphatic heterocycles. The summed E-state index contributed by atoms with van der Waals surface area (Å²) in [4.78, 5) is 14.9. The predicted molar refractivity (Wildman–Crippen MR) is 124 cm³/mol. The second kappa shape index (κ2) is 10.7. The zero-order valence-corrected chi connectivity index (χ0v) is 18.6. The fourth-order valence-corrected chi connectivity index (χ4v) is 3.59. The number of aromatic amines is 1. The van der Waals surface area contributed by atoms with Crippen molar-refractivity contribution >= 4 is 11.6 Å². The molecule has 1 amide bonds. The van der Waals surface area contributed by atoms with Gasteiger partial charge in [0.15, 0.2) is 5.75 Å². The number of aromatic nitrogens is 2. The fraction of sp³-hybridized carbons (Fsp3) is 0.360. The third-order valence-electron chi connectivity index (χ3n) is 5.49. The molecule has 164 valence electrons. The van der Waals surface area contributed by atoms with Crippen LogP contribution in [0.2, 0.25) is 0 Å². The van der Waals surface area contributed by atoms with E-state index in [4.69, 9.17) is 9.47 Å². The second-order valence-corrected chi connectivity index (χ2v) is 7.51. The number of rotatable bonds is 8. The number of hydrogen-bond acceptors (Lipinski definition) is 4. The van der Waals surface area contributed by atoms with Crippen LogP contribution < -0.4 is 9.64 Å². The van der Waals surface area contributed by atoms with Crippen LogP contribution in [-0.4, -0.2) is 35.9 Å². The molecule has 6 nitrogen and oxygen atoms in total. The zero-order valence-electron chi connectivity index (χ0n) is 18.6. The molecule has 0 saturated heterocycles. The number of para-hydroxylation sites is 1. The van der Waals surface area contributed by atoms with E-state index in [0.717, 1.165) is 45.9 Å². The fourth-order valence-electron chi connectivity index (χ4n) is 3.59. The SMILES string of the molecule is C=C/C(C)=C(C)\C(=C/C)OCCCC(=O)N1CCCOc2c(-c3cn[nH]c3)cccc21. The Labute approximate surface area is 184 Å². The maximum atomic E-state index is 13.1. The molecule has 6 heteroatoms. The molecule has 2 heterocycles. The minimum Gasteiger partial charge on any atom is -0.494 e.